The van der Waals surface area contributed by atoms with Crippen molar-refractivity contribution < 1.29 is 19.5 Å². The van der Waals surface area contributed by atoms with Gasteiger partial charge in [-0.3, -0.25) is 9.59 Å². The number of fused-ring (bicyclic) bond motifs is 1. The maximum absolute atomic E-state index is 12.4. The van der Waals surface area contributed by atoms with Crippen molar-refractivity contribution in [2.45, 2.75) is 42.5 Å². The maximum Gasteiger partial charge on any atom is 0.327 e. The lowest BCUT2D eigenvalue weighted by atomic mass is 9.86. The summed E-state index contributed by atoms with van der Waals surface area (Å²) in [7, 11) is 0. The lowest BCUT2D eigenvalue weighted by molar-refractivity contribution is -0.164. The van der Waals surface area contributed by atoms with Crippen LogP contribution >= 0.6 is 11.8 Å². The molecule has 3 rings (SSSR count). The largest absolute Gasteiger partial charge is 0.480 e. The number of hydrogen-bond acceptors (Lipinski definition) is 5. The molecule has 0 bridgehead atoms. The third-order valence-corrected chi connectivity index (χ3v) is 6.34. The number of carbonyl (C=O) groups is 3. The molecule has 24 heavy (non-hydrogen) atoms. The van der Waals surface area contributed by atoms with E-state index in [0.29, 0.717) is 5.56 Å². The zero-order chi connectivity index (χ0) is 17.6. The van der Waals surface area contributed by atoms with E-state index < -0.39 is 28.7 Å². The van der Waals surface area contributed by atoms with Gasteiger partial charge in [-0.2, -0.15) is 0 Å². The zero-order valence-corrected chi connectivity index (χ0v) is 14.3. The number of carbonyl (C=O) groups excluding carboxylic acids is 2. The van der Waals surface area contributed by atoms with Crippen LogP contribution in [0.15, 0.2) is 30.3 Å². The summed E-state index contributed by atoms with van der Waals surface area (Å²) >= 11 is 1.45. The molecule has 2 saturated heterocycles. The Balaban J connectivity index is 1.71. The van der Waals surface area contributed by atoms with Crippen molar-refractivity contribution in [3.8, 4) is 0 Å². The van der Waals surface area contributed by atoms with Gasteiger partial charge in [-0.25, -0.2) is 4.79 Å². The minimum absolute atomic E-state index is 0.0471. The second-order valence-corrected chi connectivity index (χ2v) is 8.53. The van der Waals surface area contributed by atoms with E-state index in [2.05, 4.69) is 0 Å². The number of rotatable bonds is 5. The van der Waals surface area contributed by atoms with Gasteiger partial charge in [-0.15, -0.1) is 11.8 Å². The number of benzene rings is 1. The molecule has 0 spiro atoms. The first-order valence-electron chi connectivity index (χ1n) is 7.80. The standard InChI is InChI=1S/C17H20N2O4S/c1-17(2)13(16(22)23)19-14(21)10(15(19)24-17)8-11(20)12(18)9-6-4-3-5-7-9/h3-7,10,12-13,15H,8,18H2,1-2H3,(H,22,23)/t10-,12-,13+,15-/m1/s1. The maximum atomic E-state index is 12.4. The van der Waals surface area contributed by atoms with E-state index in [9.17, 15) is 19.5 Å². The van der Waals surface area contributed by atoms with E-state index in [4.69, 9.17) is 5.73 Å². The lowest BCUT2D eigenvalue weighted by Crippen LogP contribution is -2.63. The fourth-order valence-corrected chi connectivity index (χ4v) is 5.15. The summed E-state index contributed by atoms with van der Waals surface area (Å²) in [6, 6.07) is 7.42. The first-order valence-corrected chi connectivity index (χ1v) is 8.68. The Labute approximate surface area is 144 Å². The summed E-state index contributed by atoms with van der Waals surface area (Å²) in [4.78, 5) is 37.7. The van der Waals surface area contributed by atoms with Crippen molar-refractivity contribution in [2.24, 2.45) is 11.7 Å². The average molecular weight is 348 g/mol. The Morgan fingerprint density at radius 2 is 1.96 bits per heavy atom. The van der Waals surface area contributed by atoms with Gasteiger partial charge in [-0.1, -0.05) is 30.3 Å². The van der Waals surface area contributed by atoms with Gasteiger partial charge in [0.2, 0.25) is 5.91 Å². The molecule has 0 aliphatic carbocycles. The predicted octanol–water partition coefficient (Wildman–Crippen LogP) is 1.41. The number of amides is 1. The fourth-order valence-electron chi connectivity index (χ4n) is 3.47. The second-order valence-electron chi connectivity index (χ2n) is 6.76. The predicted molar refractivity (Wildman–Crippen MR) is 90.2 cm³/mol. The highest BCUT2D eigenvalue weighted by Crippen LogP contribution is 2.54. The van der Waals surface area contributed by atoms with Gasteiger partial charge in [0.15, 0.2) is 5.78 Å². The van der Waals surface area contributed by atoms with Gasteiger partial charge in [0.25, 0.3) is 0 Å². The molecule has 2 aliphatic heterocycles. The van der Waals surface area contributed by atoms with E-state index in [1.54, 1.807) is 12.1 Å². The van der Waals surface area contributed by atoms with Gasteiger partial charge in [-0.05, 0) is 19.4 Å². The number of ketones is 1. The Bertz CT molecular complexity index is 691. The average Bonchev–Trinajstić information content (AvgIpc) is 2.80. The van der Waals surface area contributed by atoms with E-state index in [1.807, 2.05) is 32.0 Å². The van der Waals surface area contributed by atoms with E-state index in [-0.39, 0.29) is 23.5 Å². The second kappa shape index (κ2) is 5.89. The van der Waals surface area contributed by atoms with Crippen LogP contribution in [0.2, 0.25) is 0 Å². The van der Waals surface area contributed by atoms with Gasteiger partial charge < -0.3 is 15.7 Å². The molecule has 0 radical (unpaired) electrons. The molecule has 1 aromatic rings. The molecule has 7 heteroatoms. The van der Waals surface area contributed by atoms with Crippen molar-refractivity contribution in [3.63, 3.8) is 0 Å². The molecule has 0 saturated carbocycles. The summed E-state index contributed by atoms with van der Waals surface area (Å²) in [5, 5.41) is 9.14. The van der Waals surface area contributed by atoms with Crippen LogP contribution < -0.4 is 5.73 Å². The number of Topliss-reactive ketones (excluding diaryl/α,β-unsaturated/α-hetero) is 1. The zero-order valence-electron chi connectivity index (χ0n) is 13.5. The van der Waals surface area contributed by atoms with Crippen LogP contribution in [0, 0.1) is 5.92 Å². The normalized spacial score (nSPS) is 28.9. The highest BCUT2D eigenvalue weighted by atomic mass is 32.2. The SMILES string of the molecule is CC1(C)S[C@@H]2[C@H](CC(=O)[C@H](N)c3ccccc3)C(=O)N2[C@H]1C(=O)O. The topological polar surface area (TPSA) is 101 Å². The number of carboxylic acid groups (broad SMARTS) is 1. The molecule has 2 fully saturated rings. The molecule has 1 aromatic carbocycles. The van der Waals surface area contributed by atoms with E-state index in [0.717, 1.165) is 0 Å². The van der Waals surface area contributed by atoms with Crippen LogP contribution in [0.5, 0.6) is 0 Å². The highest BCUT2D eigenvalue weighted by molar-refractivity contribution is 8.01. The Kier molecular flexibility index (Phi) is 4.17. The third kappa shape index (κ3) is 2.61. The molecule has 0 unspecified atom stereocenters. The lowest BCUT2D eigenvalue weighted by Gasteiger charge is -2.43. The van der Waals surface area contributed by atoms with Crippen molar-refractivity contribution in [1.29, 1.82) is 0 Å². The number of nitrogens with two attached hydrogens (primary N) is 1. The Hall–Kier alpha value is -1.86. The quantitative estimate of drug-likeness (QED) is 0.780. The van der Waals surface area contributed by atoms with E-state index >= 15 is 0 Å². The summed E-state index contributed by atoms with van der Waals surface area (Å²) < 4.78 is -0.578. The van der Waals surface area contributed by atoms with Crippen LogP contribution in [0.4, 0.5) is 0 Å². The molecule has 0 aromatic heterocycles. The first-order chi connectivity index (χ1) is 11.2. The molecule has 4 atom stereocenters. The molecule has 1 amide bonds. The smallest absolute Gasteiger partial charge is 0.327 e. The molecule has 2 aliphatic rings. The first kappa shape index (κ1) is 17.0. The molecule has 2 heterocycles. The molecule has 128 valence electrons. The van der Waals surface area contributed by atoms with Crippen molar-refractivity contribution in [2.75, 3.05) is 0 Å². The fraction of sp³-hybridized carbons (Fsp3) is 0.471. The number of aliphatic carboxylic acids is 1. The van der Waals surface area contributed by atoms with Crippen LogP contribution in [-0.2, 0) is 14.4 Å². The van der Waals surface area contributed by atoms with Gasteiger partial charge >= 0.3 is 5.97 Å². The van der Waals surface area contributed by atoms with Crippen LogP contribution in [0.1, 0.15) is 31.9 Å². The van der Waals surface area contributed by atoms with Gasteiger partial charge in [0.05, 0.1) is 17.3 Å². The van der Waals surface area contributed by atoms with Gasteiger partial charge in [0, 0.05) is 11.2 Å². The minimum Gasteiger partial charge on any atom is -0.480 e. The van der Waals surface area contributed by atoms with Crippen molar-refractivity contribution >= 4 is 29.4 Å². The van der Waals surface area contributed by atoms with Crippen LogP contribution in [0.3, 0.4) is 0 Å². The highest BCUT2D eigenvalue weighted by Gasteiger charge is 2.63. The van der Waals surface area contributed by atoms with Gasteiger partial charge in [0.1, 0.15) is 6.04 Å². The molecular weight excluding hydrogens is 328 g/mol. The number of β-lactam (4-membered cyclic amide) rings is 1. The number of hydrogen-bond donors (Lipinski definition) is 2. The minimum atomic E-state index is -1.01. The van der Waals surface area contributed by atoms with Crippen LogP contribution in [0.25, 0.3) is 0 Å². The molecule has 3 N–H and O–H groups in total. The molecular formula is C17H20N2O4S. The Morgan fingerprint density at radius 3 is 2.54 bits per heavy atom. The third-order valence-electron chi connectivity index (χ3n) is 4.71. The van der Waals surface area contributed by atoms with E-state index in [1.165, 1.54) is 16.7 Å². The number of nitrogens with zero attached hydrogens (tertiary/aromatic N) is 1. The summed E-state index contributed by atoms with van der Waals surface area (Å²) in [5.74, 6) is -1.95. The summed E-state index contributed by atoms with van der Waals surface area (Å²) in [5.41, 5.74) is 6.72. The Morgan fingerprint density at radius 1 is 1.33 bits per heavy atom. The number of carboxylic acids is 1. The van der Waals surface area contributed by atoms with Crippen molar-refractivity contribution in [1.82, 2.24) is 4.90 Å². The summed E-state index contributed by atoms with van der Waals surface area (Å²) in [6.45, 7) is 3.63. The number of thioether (sulfide) groups is 1. The molecule has 6 nitrogen and oxygen atoms in total. The van der Waals surface area contributed by atoms with Crippen LogP contribution in [-0.4, -0.2) is 43.8 Å². The summed E-state index contributed by atoms with van der Waals surface area (Å²) in [6.07, 6.45) is 0.0471. The van der Waals surface area contributed by atoms with Crippen molar-refractivity contribution in [3.05, 3.63) is 35.9 Å². The monoisotopic (exact) mass is 348 g/mol.